The first kappa shape index (κ1) is 49.9. The molecule has 3 aliphatic heterocycles. The topological polar surface area (TPSA) is 195 Å². The molecule has 2 fully saturated rings. The molecule has 4 N–H and O–H groups in total. The fraction of sp³-hybridized carbons (Fsp3) is 0.356. The average Bonchev–Trinajstić information content (AvgIpc) is 4.00. The van der Waals surface area contributed by atoms with Crippen LogP contribution in [-0.2, 0) is 17.6 Å². The lowest BCUT2D eigenvalue weighted by atomic mass is 9.92. The lowest BCUT2D eigenvalue weighted by Gasteiger charge is -2.32. The van der Waals surface area contributed by atoms with E-state index in [1.54, 1.807) is 28.1 Å². The van der Waals surface area contributed by atoms with Crippen molar-refractivity contribution < 1.29 is 41.4 Å². The second kappa shape index (κ2) is 22.8. The van der Waals surface area contributed by atoms with Gasteiger partial charge in [0.25, 0.3) is 11.8 Å². The smallest absolute Gasteiger partial charge is 0.475 e. The number of piperidine rings is 2. The predicted octanol–water partition coefficient (Wildman–Crippen LogP) is 8.83. The van der Waals surface area contributed by atoms with Crippen LogP contribution in [0.4, 0.5) is 39.4 Å². The van der Waals surface area contributed by atoms with E-state index < -0.39 is 23.8 Å². The van der Waals surface area contributed by atoms with Crippen LogP contribution in [0.3, 0.4) is 0 Å². The normalized spacial score (nSPS) is 15.2. The first-order chi connectivity index (χ1) is 31.9. The third-order valence-corrected chi connectivity index (χ3v) is 11.4. The summed E-state index contributed by atoms with van der Waals surface area (Å²) in [6, 6.07) is 14.6. The van der Waals surface area contributed by atoms with E-state index in [-0.39, 0.29) is 33.0 Å². The number of aliphatic carboxylic acids is 1. The zero-order chi connectivity index (χ0) is 48.3. The van der Waals surface area contributed by atoms with E-state index >= 15 is 0 Å². The van der Waals surface area contributed by atoms with Crippen molar-refractivity contribution in [2.45, 2.75) is 58.5 Å². The summed E-state index contributed by atoms with van der Waals surface area (Å²) < 4.78 is 60.1. The summed E-state index contributed by atoms with van der Waals surface area (Å²) in [4.78, 5) is 60.3. The van der Waals surface area contributed by atoms with E-state index in [4.69, 9.17) is 33.1 Å². The van der Waals surface area contributed by atoms with Crippen LogP contribution < -0.4 is 10.6 Å². The number of carboxylic acids is 1. The van der Waals surface area contributed by atoms with Crippen LogP contribution in [0.2, 0.25) is 10.0 Å². The molecule has 2 saturated heterocycles. The highest BCUT2D eigenvalue weighted by atomic mass is 35.5. The minimum absolute atomic E-state index is 0.0255. The van der Waals surface area contributed by atoms with Gasteiger partial charge in [-0.1, -0.05) is 41.4 Å². The summed E-state index contributed by atoms with van der Waals surface area (Å²) >= 11 is 11.6. The quantitative estimate of drug-likeness (QED) is 0.103. The van der Waals surface area contributed by atoms with Gasteiger partial charge >= 0.3 is 12.1 Å². The summed E-state index contributed by atoms with van der Waals surface area (Å²) in [5, 5.41) is 20.2. The van der Waals surface area contributed by atoms with Crippen LogP contribution in [0.15, 0.2) is 77.9 Å². The number of amidine groups is 1. The summed E-state index contributed by atoms with van der Waals surface area (Å²) in [7, 11) is 0. The number of likely N-dealkylation sites (tertiary alicyclic amines) is 2. The molecule has 22 heteroatoms. The Morgan fingerprint density at radius 1 is 0.746 bits per heavy atom. The molecule has 67 heavy (non-hydrogen) atoms. The number of aromatic nitrogens is 6. The molecular formula is C45H46Cl2F5N11O4. The molecule has 3 aromatic heterocycles. The molecule has 0 atom stereocenters. The lowest BCUT2D eigenvalue weighted by molar-refractivity contribution is -0.192. The second-order valence-electron chi connectivity index (χ2n) is 15.9. The van der Waals surface area contributed by atoms with E-state index in [2.05, 4.69) is 45.8 Å². The van der Waals surface area contributed by atoms with Gasteiger partial charge in [-0.3, -0.25) is 19.7 Å². The minimum Gasteiger partial charge on any atom is -0.475 e. The van der Waals surface area contributed by atoms with Crippen molar-refractivity contribution in [3.05, 3.63) is 129 Å². The molecule has 0 unspecified atom stereocenters. The number of alkyl halides is 3. The van der Waals surface area contributed by atoms with Crippen LogP contribution in [0.1, 0.15) is 69.4 Å². The van der Waals surface area contributed by atoms with Gasteiger partial charge in [0.1, 0.15) is 34.9 Å². The Bertz CT molecular complexity index is 2600. The third-order valence-electron chi connectivity index (χ3n) is 10.8. The molecule has 2 amide bonds. The van der Waals surface area contributed by atoms with Gasteiger partial charge in [0, 0.05) is 68.6 Å². The van der Waals surface area contributed by atoms with Crippen molar-refractivity contribution in [1.29, 1.82) is 0 Å². The van der Waals surface area contributed by atoms with Gasteiger partial charge in [0.15, 0.2) is 11.6 Å². The lowest BCUT2D eigenvalue weighted by Crippen LogP contribution is -2.39. The molecule has 8 rings (SSSR count). The largest absolute Gasteiger partial charge is 0.490 e. The maximum absolute atomic E-state index is 14.2. The highest BCUT2D eigenvalue weighted by molar-refractivity contribution is 6.31. The number of carbonyl (C=O) groups excluding carboxylic acids is 2. The molecule has 6 heterocycles. The molecule has 0 radical (unpaired) electrons. The Kier molecular flexibility index (Phi) is 17.0. The van der Waals surface area contributed by atoms with Crippen LogP contribution >= 0.6 is 23.2 Å². The summed E-state index contributed by atoms with van der Waals surface area (Å²) in [5.74, 6) is 0.620. The van der Waals surface area contributed by atoms with E-state index in [1.165, 1.54) is 24.3 Å². The van der Waals surface area contributed by atoms with Crippen molar-refractivity contribution in [2.75, 3.05) is 43.4 Å². The molecule has 0 bridgehead atoms. The van der Waals surface area contributed by atoms with E-state index in [0.717, 1.165) is 79.0 Å². The molecule has 3 aliphatic rings. The summed E-state index contributed by atoms with van der Waals surface area (Å²) in [5.41, 5.74) is 1.83. The standard InChI is InChI=1S/C22H23ClFN5O.C21H22ClFN6O.C2HF3O2/c1-14-12-19(27-18-6-3-9-25-18)28-20(26-14)13-15-7-10-29(11-8-15)22(30)16-4-2-5-17(23)21(16)24;1-13-11-18(26-17-5-8-24-28-17)27-19(25-13)12-14-6-9-29(10-7-14)21(30)15-3-2-4-16(22)20(15)23;3-2(4,5)1(6)7/h2-6,12,15H,7-11,13H2,1H3,(H,25,26,27,28);2-5,8,11,14H,6-7,9-10,12H2,1H3,(H2,24,25,26,27,28);(H,6,7). The number of aliphatic imine (C=N–C) groups is 1. The number of H-pyrrole nitrogens is 1. The van der Waals surface area contributed by atoms with Crippen molar-refractivity contribution in [1.82, 2.24) is 39.9 Å². The molecule has 5 aromatic rings. The number of carbonyl (C=O) groups is 3. The van der Waals surface area contributed by atoms with Crippen molar-refractivity contribution in [3.63, 3.8) is 0 Å². The number of anilines is 3. The van der Waals surface area contributed by atoms with Crippen LogP contribution in [0.5, 0.6) is 0 Å². The van der Waals surface area contributed by atoms with Gasteiger partial charge in [0.05, 0.1) is 33.9 Å². The van der Waals surface area contributed by atoms with Gasteiger partial charge in [-0.25, -0.2) is 33.5 Å². The number of rotatable bonds is 9. The van der Waals surface area contributed by atoms with Gasteiger partial charge < -0.3 is 25.5 Å². The fourth-order valence-electron chi connectivity index (χ4n) is 7.49. The van der Waals surface area contributed by atoms with E-state index in [0.29, 0.717) is 50.4 Å². The first-order valence-corrected chi connectivity index (χ1v) is 21.9. The number of carboxylic acid groups (broad SMARTS) is 1. The zero-order valence-corrected chi connectivity index (χ0v) is 37.8. The SMILES string of the molecule is Cc1cc(NC2=NCC=C2)nc(CC2CCN(C(=O)c3cccc(Cl)c3F)CC2)n1.Cc1cc(Nc2ccn[nH]2)nc(CC2CCN(C(=O)c3cccc(Cl)c3F)CC2)n1.O=C(O)C(F)(F)F. The van der Waals surface area contributed by atoms with Gasteiger partial charge in [-0.05, 0) is 81.7 Å². The third kappa shape index (κ3) is 14.2. The first-order valence-electron chi connectivity index (χ1n) is 21.1. The fourth-order valence-corrected chi connectivity index (χ4v) is 7.84. The molecule has 2 aromatic carbocycles. The summed E-state index contributed by atoms with van der Waals surface area (Å²) in [6.45, 7) is 6.87. The van der Waals surface area contributed by atoms with Crippen LogP contribution in [0.25, 0.3) is 0 Å². The average molecular weight is 971 g/mol. The Morgan fingerprint density at radius 2 is 1.21 bits per heavy atom. The van der Waals surface area contributed by atoms with Gasteiger partial charge in [-0.2, -0.15) is 18.3 Å². The molecule has 354 valence electrons. The van der Waals surface area contributed by atoms with E-state index in [9.17, 15) is 31.5 Å². The highest BCUT2D eigenvalue weighted by Crippen LogP contribution is 2.27. The number of aromatic amines is 1. The Morgan fingerprint density at radius 3 is 1.61 bits per heavy atom. The number of benzene rings is 2. The number of aryl methyl sites for hydroxylation is 2. The van der Waals surface area contributed by atoms with Gasteiger partial charge in [-0.15, -0.1) is 0 Å². The second-order valence-corrected chi connectivity index (χ2v) is 16.7. The maximum Gasteiger partial charge on any atom is 0.490 e. The maximum atomic E-state index is 14.2. The van der Waals surface area contributed by atoms with Crippen molar-refractivity contribution in [3.8, 4) is 0 Å². The minimum atomic E-state index is -5.08. The number of hydrogen-bond acceptors (Lipinski definition) is 11. The van der Waals surface area contributed by atoms with Crippen LogP contribution in [-0.4, -0.2) is 108 Å². The number of hydrogen-bond donors (Lipinski definition) is 4. The predicted molar refractivity (Wildman–Crippen MR) is 242 cm³/mol. The molecule has 0 saturated carbocycles. The molecule has 15 nitrogen and oxygen atoms in total. The number of nitrogens with one attached hydrogen (secondary N) is 3. The Balaban J connectivity index is 0.000000194. The monoisotopic (exact) mass is 969 g/mol. The Labute approximate surface area is 391 Å². The number of amides is 2. The van der Waals surface area contributed by atoms with Crippen LogP contribution in [0, 0.1) is 37.3 Å². The zero-order valence-electron chi connectivity index (χ0n) is 36.3. The summed E-state index contributed by atoms with van der Waals surface area (Å²) in [6.07, 6.45) is 5.25. The molecule has 0 aliphatic carbocycles. The van der Waals surface area contributed by atoms with Crippen molar-refractivity contribution >= 4 is 64.3 Å². The molecule has 0 spiro atoms. The molecular weight excluding hydrogens is 924 g/mol. The Hall–Kier alpha value is -6.54. The number of nitrogens with zero attached hydrogens (tertiary/aromatic N) is 8. The highest BCUT2D eigenvalue weighted by Gasteiger charge is 2.38. The van der Waals surface area contributed by atoms with E-state index in [1.807, 2.05) is 44.2 Å². The number of halogens is 7. The van der Waals surface area contributed by atoms with Gasteiger partial charge in [0.2, 0.25) is 0 Å². The van der Waals surface area contributed by atoms with Crippen molar-refractivity contribution in [2.24, 2.45) is 16.8 Å².